The molecule has 20 heavy (non-hydrogen) atoms. The smallest absolute Gasteiger partial charge is 0.253 e. The lowest BCUT2D eigenvalue weighted by molar-refractivity contribution is -0.142. The molecule has 1 aromatic carbocycles. The normalized spacial score (nSPS) is 25.5. The largest absolute Gasteiger partial charge is 0.327 e. The third-order valence-corrected chi connectivity index (χ3v) is 4.17. The summed E-state index contributed by atoms with van der Waals surface area (Å²) in [6.07, 6.45) is 6.15. The Morgan fingerprint density at radius 3 is 2.45 bits per heavy atom. The van der Waals surface area contributed by atoms with Gasteiger partial charge in [-0.3, -0.25) is 14.5 Å². The van der Waals surface area contributed by atoms with Crippen molar-refractivity contribution in [3.8, 4) is 0 Å². The Hall–Kier alpha value is -2.43. The summed E-state index contributed by atoms with van der Waals surface area (Å²) >= 11 is 0. The van der Waals surface area contributed by atoms with Crippen LogP contribution in [0.2, 0.25) is 0 Å². The van der Waals surface area contributed by atoms with Crippen LogP contribution >= 0.6 is 0 Å². The molecular formula is C15H13N3O2. The van der Waals surface area contributed by atoms with Gasteiger partial charge < -0.3 is 4.57 Å². The molecule has 1 aromatic heterocycles. The van der Waals surface area contributed by atoms with E-state index in [9.17, 15) is 9.59 Å². The topological polar surface area (TPSA) is 55.2 Å². The Morgan fingerprint density at radius 1 is 1.00 bits per heavy atom. The molecule has 2 aliphatic rings. The molecule has 1 saturated carbocycles. The lowest BCUT2D eigenvalue weighted by atomic mass is 9.85. The number of carbonyl (C=O) groups excluding carboxylic acids is 2. The van der Waals surface area contributed by atoms with E-state index in [4.69, 9.17) is 0 Å². The number of rotatable bonds is 2. The number of amides is 2. The van der Waals surface area contributed by atoms with E-state index >= 15 is 0 Å². The highest BCUT2D eigenvalue weighted by atomic mass is 16.2. The van der Waals surface area contributed by atoms with Gasteiger partial charge in [0.1, 0.15) is 0 Å². The number of imidazole rings is 1. The summed E-state index contributed by atoms with van der Waals surface area (Å²) in [5.41, 5.74) is 2.08. The summed E-state index contributed by atoms with van der Waals surface area (Å²) in [5.74, 6) is -0.372. The molecule has 100 valence electrons. The number of imide groups is 1. The Labute approximate surface area is 115 Å². The molecule has 1 fully saturated rings. The van der Waals surface area contributed by atoms with Crippen molar-refractivity contribution >= 4 is 22.8 Å². The van der Waals surface area contributed by atoms with Crippen molar-refractivity contribution in [3.05, 3.63) is 42.7 Å². The van der Waals surface area contributed by atoms with Gasteiger partial charge in [0.15, 0.2) is 0 Å². The SMILES string of the molecule is O=C1C=CC(=O)N1C1CC(n2cnc3ccccc32)C1. The number of hydrogen-bond acceptors (Lipinski definition) is 3. The minimum atomic E-state index is -0.186. The molecule has 2 heterocycles. The molecule has 5 heteroatoms. The number of nitrogens with zero attached hydrogens (tertiary/aromatic N) is 3. The minimum Gasteiger partial charge on any atom is -0.327 e. The molecule has 0 bridgehead atoms. The Balaban J connectivity index is 1.54. The molecule has 0 N–H and O–H groups in total. The van der Waals surface area contributed by atoms with Crippen LogP contribution in [0.4, 0.5) is 0 Å². The van der Waals surface area contributed by atoms with Crippen LogP contribution in [-0.4, -0.2) is 32.3 Å². The molecule has 1 aliphatic heterocycles. The van der Waals surface area contributed by atoms with Crippen LogP contribution in [0.5, 0.6) is 0 Å². The Morgan fingerprint density at radius 2 is 1.70 bits per heavy atom. The maximum Gasteiger partial charge on any atom is 0.253 e. The molecular weight excluding hydrogens is 254 g/mol. The van der Waals surface area contributed by atoms with Crippen LogP contribution in [0, 0.1) is 0 Å². The second kappa shape index (κ2) is 4.03. The summed E-state index contributed by atoms with van der Waals surface area (Å²) in [7, 11) is 0. The van der Waals surface area contributed by atoms with E-state index in [2.05, 4.69) is 9.55 Å². The number of benzene rings is 1. The highest BCUT2D eigenvalue weighted by Gasteiger charge is 2.41. The number of aromatic nitrogens is 2. The maximum absolute atomic E-state index is 11.6. The van der Waals surface area contributed by atoms with Crippen molar-refractivity contribution in [2.24, 2.45) is 0 Å². The average Bonchev–Trinajstić information content (AvgIpc) is 2.96. The van der Waals surface area contributed by atoms with Gasteiger partial charge in [-0.25, -0.2) is 4.98 Å². The second-order valence-electron chi connectivity index (χ2n) is 5.30. The van der Waals surface area contributed by atoms with E-state index in [0.717, 1.165) is 23.9 Å². The van der Waals surface area contributed by atoms with Gasteiger partial charge in [0.2, 0.25) is 0 Å². The van der Waals surface area contributed by atoms with Gasteiger partial charge in [0, 0.05) is 24.2 Å². The van der Waals surface area contributed by atoms with Gasteiger partial charge >= 0.3 is 0 Å². The van der Waals surface area contributed by atoms with E-state index in [0.29, 0.717) is 6.04 Å². The summed E-state index contributed by atoms with van der Waals surface area (Å²) < 4.78 is 2.14. The van der Waals surface area contributed by atoms with Gasteiger partial charge in [-0.15, -0.1) is 0 Å². The van der Waals surface area contributed by atoms with E-state index < -0.39 is 0 Å². The van der Waals surface area contributed by atoms with Crippen LogP contribution in [0.25, 0.3) is 11.0 Å². The van der Waals surface area contributed by atoms with Crippen molar-refractivity contribution in [2.75, 3.05) is 0 Å². The molecule has 5 nitrogen and oxygen atoms in total. The van der Waals surface area contributed by atoms with Gasteiger partial charge in [0.25, 0.3) is 11.8 Å². The van der Waals surface area contributed by atoms with E-state index in [1.54, 1.807) is 0 Å². The van der Waals surface area contributed by atoms with Crippen molar-refractivity contribution in [1.29, 1.82) is 0 Å². The monoisotopic (exact) mass is 267 g/mol. The highest BCUT2D eigenvalue weighted by Crippen LogP contribution is 2.38. The minimum absolute atomic E-state index is 0.0242. The van der Waals surface area contributed by atoms with Gasteiger partial charge in [-0.1, -0.05) is 12.1 Å². The van der Waals surface area contributed by atoms with Gasteiger partial charge in [-0.05, 0) is 25.0 Å². The summed E-state index contributed by atoms with van der Waals surface area (Å²) in [6, 6.07) is 8.33. The zero-order valence-corrected chi connectivity index (χ0v) is 10.8. The fourth-order valence-electron chi connectivity index (χ4n) is 3.04. The van der Waals surface area contributed by atoms with Crippen molar-refractivity contribution in [2.45, 2.75) is 24.9 Å². The first-order valence-corrected chi connectivity index (χ1v) is 6.71. The molecule has 0 spiro atoms. The Bertz CT molecular complexity index is 722. The zero-order valence-electron chi connectivity index (χ0n) is 10.8. The summed E-state index contributed by atoms with van der Waals surface area (Å²) in [5, 5.41) is 0. The third-order valence-electron chi connectivity index (χ3n) is 4.17. The predicted octanol–water partition coefficient (Wildman–Crippen LogP) is 1.66. The molecule has 4 rings (SSSR count). The van der Waals surface area contributed by atoms with Gasteiger partial charge in [-0.2, -0.15) is 0 Å². The number of fused-ring (bicyclic) bond motifs is 1. The Kier molecular flexibility index (Phi) is 2.30. The van der Waals surface area contributed by atoms with E-state index in [-0.39, 0.29) is 17.9 Å². The van der Waals surface area contributed by atoms with Crippen molar-refractivity contribution < 1.29 is 9.59 Å². The van der Waals surface area contributed by atoms with Crippen LogP contribution in [0.15, 0.2) is 42.7 Å². The van der Waals surface area contributed by atoms with Crippen LogP contribution in [-0.2, 0) is 9.59 Å². The lowest BCUT2D eigenvalue weighted by Gasteiger charge is -2.40. The predicted molar refractivity (Wildman–Crippen MR) is 72.8 cm³/mol. The number of hydrogen-bond donors (Lipinski definition) is 0. The number of carbonyl (C=O) groups is 2. The molecule has 2 amide bonds. The van der Waals surface area contributed by atoms with Gasteiger partial charge in [0.05, 0.1) is 17.4 Å². The first-order chi connectivity index (χ1) is 9.74. The van der Waals surface area contributed by atoms with Crippen LogP contribution in [0.3, 0.4) is 0 Å². The fraction of sp³-hybridized carbons (Fsp3) is 0.267. The second-order valence-corrected chi connectivity index (χ2v) is 5.30. The molecule has 0 radical (unpaired) electrons. The molecule has 1 aliphatic carbocycles. The molecule has 0 unspecified atom stereocenters. The lowest BCUT2D eigenvalue weighted by Crippen LogP contribution is -2.48. The fourth-order valence-corrected chi connectivity index (χ4v) is 3.04. The first kappa shape index (κ1) is 11.4. The highest BCUT2D eigenvalue weighted by molar-refractivity contribution is 6.13. The summed E-state index contributed by atoms with van der Waals surface area (Å²) in [4.78, 5) is 29.0. The summed E-state index contributed by atoms with van der Waals surface area (Å²) in [6.45, 7) is 0. The van der Waals surface area contributed by atoms with E-state index in [1.165, 1.54) is 17.1 Å². The number of para-hydroxylation sites is 2. The maximum atomic E-state index is 11.6. The molecule has 0 saturated heterocycles. The van der Waals surface area contributed by atoms with Crippen LogP contribution in [0.1, 0.15) is 18.9 Å². The molecule has 2 aromatic rings. The quantitative estimate of drug-likeness (QED) is 0.778. The standard InChI is InChI=1S/C15H13N3O2/c19-14-5-6-15(20)18(14)11-7-10(8-11)17-9-16-12-3-1-2-4-13(12)17/h1-6,9-11H,7-8H2. The first-order valence-electron chi connectivity index (χ1n) is 6.71. The van der Waals surface area contributed by atoms with Crippen molar-refractivity contribution in [3.63, 3.8) is 0 Å². The third kappa shape index (κ3) is 1.52. The van der Waals surface area contributed by atoms with E-state index in [1.807, 2.05) is 30.6 Å². The van der Waals surface area contributed by atoms with Crippen molar-refractivity contribution in [1.82, 2.24) is 14.5 Å². The van der Waals surface area contributed by atoms with Crippen LogP contribution < -0.4 is 0 Å². The molecule has 0 atom stereocenters. The average molecular weight is 267 g/mol. The zero-order chi connectivity index (χ0) is 13.7.